The number of hydrogen-bond donors (Lipinski definition) is 1. The van der Waals surface area contributed by atoms with Gasteiger partial charge in [-0.1, -0.05) is 6.07 Å². The van der Waals surface area contributed by atoms with Crippen LogP contribution in [0.4, 0.5) is 5.95 Å². The first-order chi connectivity index (χ1) is 15.9. The lowest BCUT2D eigenvalue weighted by atomic mass is 10.1. The molecule has 4 rings (SSSR count). The van der Waals surface area contributed by atoms with Crippen molar-refractivity contribution < 1.29 is 9.47 Å². The van der Waals surface area contributed by atoms with Gasteiger partial charge in [0.05, 0.1) is 11.1 Å². The highest BCUT2D eigenvalue weighted by atomic mass is 16.5. The van der Waals surface area contributed by atoms with E-state index >= 15 is 0 Å². The number of aromatic nitrogens is 4. The van der Waals surface area contributed by atoms with Crippen LogP contribution in [0.15, 0.2) is 30.6 Å². The van der Waals surface area contributed by atoms with Gasteiger partial charge < -0.3 is 14.4 Å². The summed E-state index contributed by atoms with van der Waals surface area (Å²) >= 11 is 0. The number of rotatable bonds is 5. The quantitative estimate of drug-likeness (QED) is 0.600. The molecule has 1 saturated heterocycles. The molecule has 9 nitrogen and oxygen atoms in total. The molecule has 34 heavy (non-hydrogen) atoms. The predicted molar refractivity (Wildman–Crippen MR) is 134 cm³/mol. The van der Waals surface area contributed by atoms with Crippen LogP contribution in [0.25, 0.3) is 22.0 Å². The van der Waals surface area contributed by atoms with Crippen LogP contribution in [0.5, 0.6) is 11.9 Å². The molecule has 3 heterocycles. The summed E-state index contributed by atoms with van der Waals surface area (Å²) in [6.45, 7) is 15.8. The van der Waals surface area contributed by atoms with Gasteiger partial charge in [0.1, 0.15) is 11.2 Å². The Balaban J connectivity index is 1.62. The Morgan fingerprint density at radius 1 is 0.853 bits per heavy atom. The second-order valence-corrected chi connectivity index (χ2v) is 10.7. The number of nitrogens with zero attached hydrogens (tertiary/aromatic N) is 6. The highest BCUT2D eigenvalue weighted by Gasteiger charge is 2.21. The SMILES string of the molecule is CN1CCN(Nc2ncc3cc(-c4cnc(OC(C)(C)C)nc4OC(C)(C)C)ccc3n2)CC1. The summed E-state index contributed by atoms with van der Waals surface area (Å²) in [6, 6.07) is 6.32. The monoisotopic (exact) mass is 465 g/mol. The van der Waals surface area contributed by atoms with Crippen molar-refractivity contribution in [3.63, 3.8) is 0 Å². The van der Waals surface area contributed by atoms with Crippen molar-refractivity contribution in [2.75, 3.05) is 38.7 Å². The minimum atomic E-state index is -0.425. The van der Waals surface area contributed by atoms with Crippen molar-refractivity contribution in [3.8, 4) is 23.0 Å². The van der Waals surface area contributed by atoms with Crippen molar-refractivity contribution in [2.45, 2.75) is 52.7 Å². The Hall–Kier alpha value is -3.04. The van der Waals surface area contributed by atoms with Gasteiger partial charge in [0.25, 0.3) is 0 Å². The Kier molecular flexibility index (Phi) is 6.60. The van der Waals surface area contributed by atoms with E-state index in [1.165, 1.54) is 0 Å². The average Bonchev–Trinajstić information content (AvgIpc) is 2.73. The van der Waals surface area contributed by atoms with E-state index in [1.807, 2.05) is 65.9 Å². The van der Waals surface area contributed by atoms with E-state index in [9.17, 15) is 0 Å². The maximum Gasteiger partial charge on any atom is 0.320 e. The summed E-state index contributed by atoms with van der Waals surface area (Å²) in [7, 11) is 2.13. The molecule has 0 aliphatic carbocycles. The highest BCUT2D eigenvalue weighted by Crippen LogP contribution is 2.33. The van der Waals surface area contributed by atoms with E-state index in [0.29, 0.717) is 17.8 Å². The number of hydrogen-bond acceptors (Lipinski definition) is 9. The maximum absolute atomic E-state index is 6.18. The van der Waals surface area contributed by atoms with E-state index in [2.05, 4.69) is 37.3 Å². The van der Waals surface area contributed by atoms with E-state index in [-0.39, 0.29) is 0 Å². The smallest absolute Gasteiger partial charge is 0.320 e. The molecule has 2 aromatic heterocycles. The first-order valence-electron chi connectivity index (χ1n) is 11.7. The normalized spacial score (nSPS) is 16.0. The van der Waals surface area contributed by atoms with Crippen molar-refractivity contribution in [1.82, 2.24) is 29.8 Å². The number of anilines is 1. The van der Waals surface area contributed by atoms with Crippen molar-refractivity contribution in [3.05, 3.63) is 30.6 Å². The minimum absolute atomic E-state index is 0.291. The number of fused-ring (bicyclic) bond motifs is 1. The van der Waals surface area contributed by atoms with Gasteiger partial charge in [-0.3, -0.25) is 5.43 Å². The molecule has 0 amide bonds. The van der Waals surface area contributed by atoms with Crippen molar-refractivity contribution in [2.24, 2.45) is 0 Å². The molecule has 3 aromatic rings. The Labute approximate surface area is 201 Å². The van der Waals surface area contributed by atoms with Gasteiger partial charge in [0, 0.05) is 44.0 Å². The molecule has 1 aliphatic heterocycles. The van der Waals surface area contributed by atoms with E-state index in [0.717, 1.165) is 48.2 Å². The minimum Gasteiger partial charge on any atom is -0.471 e. The molecular formula is C25H35N7O2. The van der Waals surface area contributed by atoms with E-state index in [4.69, 9.17) is 14.5 Å². The standard InChI is InChI=1S/C25H35N7O2/c1-24(2,3)33-21-19(16-27-23(29-21)34-25(4,5)6)17-8-9-20-18(14-17)15-26-22(28-20)30-32-12-10-31(7)11-13-32/h8-9,14-16H,10-13H2,1-7H3,(H,26,28,30). The number of hydrazine groups is 1. The molecule has 0 unspecified atom stereocenters. The van der Waals surface area contributed by atoms with E-state index < -0.39 is 11.2 Å². The second-order valence-electron chi connectivity index (χ2n) is 10.7. The molecule has 0 atom stereocenters. The third-order valence-corrected chi connectivity index (χ3v) is 5.18. The lowest BCUT2D eigenvalue weighted by Gasteiger charge is -2.32. The molecular weight excluding hydrogens is 430 g/mol. The first-order valence-corrected chi connectivity index (χ1v) is 11.7. The van der Waals surface area contributed by atoms with Gasteiger partial charge >= 0.3 is 6.01 Å². The zero-order valence-electron chi connectivity index (χ0n) is 21.2. The number of nitrogens with one attached hydrogen (secondary N) is 1. The number of likely N-dealkylation sites (N-methyl/N-ethyl adjacent to an activating group) is 1. The van der Waals surface area contributed by atoms with Gasteiger partial charge in [0.15, 0.2) is 0 Å². The summed E-state index contributed by atoms with van der Waals surface area (Å²) in [4.78, 5) is 20.6. The Morgan fingerprint density at radius 2 is 1.56 bits per heavy atom. The van der Waals surface area contributed by atoms with Crippen LogP contribution < -0.4 is 14.9 Å². The lowest BCUT2D eigenvalue weighted by molar-refractivity contribution is 0.103. The number of benzene rings is 1. The second kappa shape index (κ2) is 9.31. The highest BCUT2D eigenvalue weighted by molar-refractivity contribution is 5.85. The summed E-state index contributed by atoms with van der Waals surface area (Å²) in [5, 5.41) is 3.09. The number of piperazine rings is 1. The fourth-order valence-electron chi connectivity index (χ4n) is 3.55. The van der Waals surface area contributed by atoms with E-state index in [1.54, 1.807) is 6.20 Å². The van der Waals surface area contributed by atoms with Crippen molar-refractivity contribution in [1.29, 1.82) is 0 Å². The predicted octanol–water partition coefficient (Wildman–Crippen LogP) is 4.02. The van der Waals surface area contributed by atoms with Crippen LogP contribution in [-0.4, -0.2) is 74.3 Å². The van der Waals surface area contributed by atoms with Gasteiger partial charge in [-0.25, -0.2) is 20.0 Å². The summed E-state index contributed by atoms with van der Waals surface area (Å²) < 4.78 is 12.0. The van der Waals surface area contributed by atoms with Crippen LogP contribution in [-0.2, 0) is 0 Å². The fraction of sp³-hybridized carbons (Fsp3) is 0.520. The molecule has 9 heteroatoms. The molecule has 182 valence electrons. The van der Waals surface area contributed by atoms with Gasteiger partial charge in [0.2, 0.25) is 11.8 Å². The molecule has 1 fully saturated rings. The zero-order valence-corrected chi connectivity index (χ0v) is 21.2. The van der Waals surface area contributed by atoms with Crippen molar-refractivity contribution >= 4 is 16.9 Å². The van der Waals surface area contributed by atoms with Crippen LogP contribution in [0.2, 0.25) is 0 Å². The van der Waals surface area contributed by atoms with Crippen LogP contribution in [0, 0.1) is 0 Å². The van der Waals surface area contributed by atoms with Crippen LogP contribution >= 0.6 is 0 Å². The Bertz CT molecular complexity index is 1150. The van der Waals surface area contributed by atoms with Gasteiger partial charge in [-0.2, -0.15) is 4.98 Å². The molecule has 1 aliphatic rings. The molecule has 0 radical (unpaired) electrons. The first kappa shape index (κ1) is 24.1. The molecule has 0 bridgehead atoms. The van der Waals surface area contributed by atoms with Gasteiger partial charge in [-0.05, 0) is 66.3 Å². The zero-order chi connectivity index (χ0) is 24.5. The third-order valence-electron chi connectivity index (χ3n) is 5.18. The third kappa shape index (κ3) is 6.30. The topological polar surface area (TPSA) is 88.5 Å². The summed E-state index contributed by atoms with van der Waals surface area (Å²) in [6.07, 6.45) is 3.59. The van der Waals surface area contributed by atoms with Crippen LogP contribution in [0.1, 0.15) is 41.5 Å². The summed E-state index contributed by atoms with van der Waals surface area (Å²) in [5.41, 5.74) is 5.08. The largest absolute Gasteiger partial charge is 0.471 e. The summed E-state index contributed by atoms with van der Waals surface area (Å²) in [5.74, 6) is 1.09. The molecule has 1 aromatic carbocycles. The molecule has 0 saturated carbocycles. The average molecular weight is 466 g/mol. The van der Waals surface area contributed by atoms with Crippen LogP contribution in [0.3, 0.4) is 0 Å². The van der Waals surface area contributed by atoms with Gasteiger partial charge in [-0.15, -0.1) is 0 Å². The maximum atomic E-state index is 6.18. The fourth-order valence-corrected chi connectivity index (χ4v) is 3.55. The Morgan fingerprint density at radius 3 is 2.24 bits per heavy atom. The molecule has 0 spiro atoms. The molecule has 1 N–H and O–H groups in total. The lowest BCUT2D eigenvalue weighted by Crippen LogP contribution is -2.47. The number of ether oxygens (including phenoxy) is 2.